The van der Waals surface area contributed by atoms with Crippen LogP contribution in [0, 0.1) is 29.1 Å². The molecule has 1 unspecified atom stereocenters. The molecule has 1 aromatic heterocycles. The second kappa shape index (κ2) is 13.0. The molecule has 1 atom stereocenters. The van der Waals surface area contributed by atoms with Crippen molar-refractivity contribution in [2.75, 3.05) is 24.7 Å². The molecule has 0 spiro atoms. The van der Waals surface area contributed by atoms with Crippen molar-refractivity contribution in [1.82, 2.24) is 0 Å². The van der Waals surface area contributed by atoms with Gasteiger partial charge in [0.25, 0.3) is 0 Å². The van der Waals surface area contributed by atoms with Crippen molar-refractivity contribution in [1.29, 1.82) is 0 Å². The highest BCUT2D eigenvalue weighted by Crippen LogP contribution is 2.39. The molecule has 3 aliphatic rings. The number of rotatable bonds is 8. The zero-order valence-electron chi connectivity index (χ0n) is 23.0. The summed E-state index contributed by atoms with van der Waals surface area (Å²) in [6.07, 6.45) is 8.64. The normalized spacial score (nSPS) is 27.9. The smallest absolute Gasteiger partial charge is 0.230 e. The third-order valence-corrected chi connectivity index (χ3v) is 9.32. The maximum Gasteiger partial charge on any atom is 0.230 e. The first-order valence-corrected chi connectivity index (χ1v) is 15.0. The summed E-state index contributed by atoms with van der Waals surface area (Å²) in [6.45, 7) is 7.54. The second-order valence-electron chi connectivity index (χ2n) is 11.9. The lowest BCUT2D eigenvalue weighted by molar-refractivity contribution is -0.254. The first-order chi connectivity index (χ1) is 18.2. The first kappa shape index (κ1) is 29.1. The van der Waals surface area contributed by atoms with Crippen LogP contribution in [0.4, 0.5) is 5.69 Å². The number of carbonyl (C=O) groups excluding carboxylic acids is 2. The number of aliphatic hydroxyl groups excluding tert-OH is 1. The summed E-state index contributed by atoms with van der Waals surface area (Å²) in [5, 5.41) is 21.6. The van der Waals surface area contributed by atoms with Crippen molar-refractivity contribution in [3.63, 3.8) is 0 Å². The van der Waals surface area contributed by atoms with Crippen LogP contribution in [0.15, 0.2) is 6.07 Å². The van der Waals surface area contributed by atoms with E-state index >= 15 is 0 Å². The van der Waals surface area contributed by atoms with E-state index in [-0.39, 0.29) is 41.6 Å². The molecule has 1 N–H and O–H groups in total. The molecule has 8 heteroatoms. The van der Waals surface area contributed by atoms with Gasteiger partial charge >= 0.3 is 0 Å². The summed E-state index contributed by atoms with van der Waals surface area (Å²) in [4.78, 5) is 28.8. The van der Waals surface area contributed by atoms with Gasteiger partial charge in [-0.1, -0.05) is 18.8 Å². The number of nitrogens with zero attached hydrogens (tertiary/aromatic N) is 1. The highest BCUT2D eigenvalue weighted by Gasteiger charge is 2.37. The molecule has 2 saturated carbocycles. The summed E-state index contributed by atoms with van der Waals surface area (Å²) < 4.78 is 11.7. The van der Waals surface area contributed by atoms with Gasteiger partial charge < -0.3 is 29.4 Å². The van der Waals surface area contributed by atoms with Gasteiger partial charge in [-0.15, -0.1) is 11.3 Å². The van der Waals surface area contributed by atoms with Gasteiger partial charge in [0, 0.05) is 30.6 Å². The summed E-state index contributed by atoms with van der Waals surface area (Å²) in [6, 6.07) is 1.68. The minimum Gasteiger partial charge on any atom is -0.544 e. The molecule has 2 heterocycles. The largest absolute Gasteiger partial charge is 0.544 e. The average Bonchev–Trinajstić information content (AvgIpc) is 3.55. The van der Waals surface area contributed by atoms with Gasteiger partial charge in [-0.2, -0.15) is 0 Å². The van der Waals surface area contributed by atoms with Crippen LogP contribution in [0.5, 0.6) is 0 Å². The minimum atomic E-state index is -1.28. The van der Waals surface area contributed by atoms with Crippen LogP contribution in [-0.2, 0) is 14.3 Å². The molecule has 1 aromatic rings. The number of amides is 1. The molecule has 1 amide bonds. The highest BCUT2D eigenvalue weighted by atomic mass is 32.1. The molecule has 1 saturated heterocycles. The lowest BCUT2D eigenvalue weighted by atomic mass is 9.81. The van der Waals surface area contributed by atoms with E-state index in [1.807, 2.05) is 13.8 Å². The maximum atomic E-state index is 14.1. The molecule has 7 nitrogen and oxygen atoms in total. The van der Waals surface area contributed by atoms with E-state index in [0.717, 1.165) is 75.7 Å². The SMILES string of the molecule is CC1CCC(C(=O)N(c2cc(C#CC(C)(C)CCO)sc2C(=O)[O-])C2CCC(OC3CCOC3)CC2)CC1. The second-order valence-corrected chi connectivity index (χ2v) is 13.0. The van der Waals surface area contributed by atoms with E-state index in [2.05, 4.69) is 18.8 Å². The van der Waals surface area contributed by atoms with Crippen LogP contribution in [-0.4, -0.2) is 55.1 Å². The number of carboxylic acids is 1. The molecule has 4 rings (SSSR count). The van der Waals surface area contributed by atoms with E-state index in [4.69, 9.17) is 9.47 Å². The Labute approximate surface area is 230 Å². The lowest BCUT2D eigenvalue weighted by Gasteiger charge is -2.40. The monoisotopic (exact) mass is 544 g/mol. The van der Waals surface area contributed by atoms with Crippen LogP contribution in [0.2, 0.25) is 0 Å². The summed E-state index contributed by atoms with van der Waals surface area (Å²) in [5.41, 5.74) is 0.0221. The van der Waals surface area contributed by atoms with Gasteiger partial charge in [-0.3, -0.25) is 4.79 Å². The maximum absolute atomic E-state index is 14.1. The van der Waals surface area contributed by atoms with Crippen LogP contribution in [0.25, 0.3) is 0 Å². The van der Waals surface area contributed by atoms with E-state index in [1.54, 1.807) is 11.0 Å². The molecule has 2 aliphatic carbocycles. The van der Waals surface area contributed by atoms with E-state index in [9.17, 15) is 19.8 Å². The average molecular weight is 545 g/mol. The topological polar surface area (TPSA) is 99.1 Å². The summed E-state index contributed by atoms with van der Waals surface area (Å²) in [7, 11) is 0. The lowest BCUT2D eigenvalue weighted by Crippen LogP contribution is -2.47. The number of carbonyl (C=O) groups is 2. The zero-order valence-corrected chi connectivity index (χ0v) is 23.8. The fourth-order valence-corrected chi connectivity index (χ4v) is 6.71. The Morgan fingerprint density at radius 1 is 1.13 bits per heavy atom. The number of anilines is 1. The Kier molecular flexibility index (Phi) is 9.91. The Balaban J connectivity index is 1.60. The van der Waals surface area contributed by atoms with E-state index in [0.29, 0.717) is 29.5 Å². The summed E-state index contributed by atoms with van der Waals surface area (Å²) in [5.74, 6) is 5.56. The number of aliphatic hydroxyl groups is 1. The molecule has 0 aromatic carbocycles. The van der Waals surface area contributed by atoms with E-state index < -0.39 is 11.4 Å². The number of carboxylic acid groups (broad SMARTS) is 1. The number of ether oxygens (including phenoxy) is 2. The van der Waals surface area contributed by atoms with Crippen molar-refractivity contribution in [2.24, 2.45) is 17.3 Å². The van der Waals surface area contributed by atoms with Gasteiger partial charge in [0.05, 0.1) is 40.2 Å². The molecule has 1 aliphatic heterocycles. The first-order valence-electron chi connectivity index (χ1n) is 14.2. The third-order valence-electron chi connectivity index (χ3n) is 8.30. The molecule has 0 bridgehead atoms. The zero-order chi connectivity index (χ0) is 27.3. The van der Waals surface area contributed by atoms with E-state index in [1.165, 1.54) is 0 Å². The van der Waals surface area contributed by atoms with Gasteiger partial charge in [0.15, 0.2) is 0 Å². The molecular weight excluding hydrogens is 502 g/mol. The molecule has 38 heavy (non-hydrogen) atoms. The fourth-order valence-electron chi connectivity index (χ4n) is 5.87. The van der Waals surface area contributed by atoms with Crippen LogP contribution in [0.3, 0.4) is 0 Å². The van der Waals surface area contributed by atoms with Gasteiger partial charge in [0.1, 0.15) is 0 Å². The highest BCUT2D eigenvalue weighted by molar-refractivity contribution is 7.15. The molecule has 3 fully saturated rings. The van der Waals surface area contributed by atoms with Crippen molar-refractivity contribution in [2.45, 2.75) is 103 Å². The summed E-state index contributed by atoms with van der Waals surface area (Å²) >= 11 is 1.07. The Morgan fingerprint density at radius 3 is 2.45 bits per heavy atom. The number of thiophene rings is 1. The van der Waals surface area contributed by atoms with Crippen molar-refractivity contribution >= 4 is 28.9 Å². The van der Waals surface area contributed by atoms with Gasteiger partial charge in [0.2, 0.25) is 5.91 Å². The van der Waals surface area contributed by atoms with Crippen LogP contribution < -0.4 is 10.0 Å². The predicted octanol–water partition coefficient (Wildman–Crippen LogP) is 4.15. The minimum absolute atomic E-state index is 0.0319. The predicted molar refractivity (Wildman–Crippen MR) is 146 cm³/mol. The number of aromatic carboxylic acids is 1. The van der Waals surface area contributed by atoms with Crippen LogP contribution in [0.1, 0.15) is 99.5 Å². The quantitative estimate of drug-likeness (QED) is 0.494. The van der Waals surface area contributed by atoms with Gasteiger partial charge in [-0.05, 0) is 90.0 Å². The molecular formula is C30H42NO6S-. The van der Waals surface area contributed by atoms with Crippen molar-refractivity contribution < 1.29 is 29.3 Å². The Bertz CT molecular complexity index is 1020. The van der Waals surface area contributed by atoms with Gasteiger partial charge in [-0.25, -0.2) is 0 Å². The standard InChI is InChI=1S/C30H43NO6S/c1-20-4-6-21(7-5-20)28(33)31(22-8-10-23(11-9-22)37-24-13-17-36-19-24)26-18-25(38-27(26)29(34)35)12-14-30(2,3)15-16-32/h18,20-24,32H,4-11,13,15-17,19H2,1-3H3,(H,34,35)/p-1. The third kappa shape index (κ3) is 7.38. The van der Waals surface area contributed by atoms with Crippen molar-refractivity contribution in [3.05, 3.63) is 15.8 Å². The number of hydrogen-bond acceptors (Lipinski definition) is 7. The molecule has 210 valence electrons. The van der Waals surface area contributed by atoms with Crippen LogP contribution >= 0.6 is 11.3 Å². The number of hydrogen-bond donors (Lipinski definition) is 1. The van der Waals surface area contributed by atoms with Crippen molar-refractivity contribution in [3.8, 4) is 11.8 Å². The molecule has 0 radical (unpaired) electrons. The Hall–Kier alpha value is -1.92. The Morgan fingerprint density at radius 2 is 1.84 bits per heavy atom. The fraction of sp³-hybridized carbons (Fsp3) is 0.733.